The Labute approximate surface area is 241 Å². The van der Waals surface area contributed by atoms with Gasteiger partial charge >= 0.3 is 5.97 Å². The normalized spacial score (nSPS) is 15.5. The molecule has 0 fully saturated rings. The number of thiazole rings is 1. The van der Waals surface area contributed by atoms with Crippen molar-refractivity contribution in [1.82, 2.24) is 9.13 Å². The molecule has 0 spiro atoms. The number of aromatic nitrogens is 2. The molecule has 6 rings (SSSR count). The van der Waals surface area contributed by atoms with Gasteiger partial charge in [-0.1, -0.05) is 63.7 Å². The minimum Gasteiger partial charge on any atom is -0.463 e. The lowest BCUT2D eigenvalue weighted by atomic mass is 10.0. The smallest absolute Gasteiger partial charge is 0.338 e. The van der Waals surface area contributed by atoms with Crippen molar-refractivity contribution in [1.29, 1.82) is 0 Å². The molecule has 1 atom stereocenters. The number of ether oxygens (including phenoxy) is 1. The van der Waals surface area contributed by atoms with Crippen LogP contribution in [0.4, 0.5) is 0 Å². The molecule has 6 nitrogen and oxygen atoms in total. The molecular formula is C30H24BrN3O3S2. The lowest BCUT2D eigenvalue weighted by Gasteiger charge is -2.23. The van der Waals surface area contributed by atoms with Crippen LogP contribution in [0, 0.1) is 0 Å². The van der Waals surface area contributed by atoms with E-state index in [4.69, 9.17) is 4.74 Å². The number of thiophene rings is 1. The molecule has 0 saturated heterocycles. The molecular weight excluding hydrogens is 594 g/mol. The summed E-state index contributed by atoms with van der Waals surface area (Å²) < 4.78 is 10.8. The van der Waals surface area contributed by atoms with Crippen LogP contribution in [0.15, 0.2) is 97.8 Å². The number of halogens is 1. The van der Waals surface area contributed by atoms with Crippen LogP contribution < -0.4 is 14.9 Å². The van der Waals surface area contributed by atoms with Gasteiger partial charge < -0.3 is 9.30 Å². The number of hydrogen-bond acceptors (Lipinski definition) is 6. The summed E-state index contributed by atoms with van der Waals surface area (Å²) >= 11 is 6.36. The monoisotopic (exact) mass is 617 g/mol. The van der Waals surface area contributed by atoms with Gasteiger partial charge in [0.05, 0.1) is 22.4 Å². The number of benzene rings is 2. The number of para-hydroxylation sites is 1. The molecule has 3 aromatic heterocycles. The molecule has 4 heterocycles. The number of carbonyl (C=O) groups is 1. The predicted molar refractivity (Wildman–Crippen MR) is 160 cm³/mol. The highest BCUT2D eigenvalue weighted by Gasteiger charge is 2.33. The molecule has 0 saturated carbocycles. The molecule has 0 unspecified atom stereocenters. The average molecular weight is 619 g/mol. The fraction of sp³-hybridized carbons (Fsp3) is 0.167. The third-order valence-electron chi connectivity index (χ3n) is 6.70. The van der Waals surface area contributed by atoms with Gasteiger partial charge in [0.25, 0.3) is 5.56 Å². The van der Waals surface area contributed by atoms with Crippen LogP contribution in [0.2, 0.25) is 0 Å². The van der Waals surface area contributed by atoms with Gasteiger partial charge in [-0.2, -0.15) is 0 Å². The van der Waals surface area contributed by atoms with E-state index in [0.29, 0.717) is 27.1 Å². The van der Waals surface area contributed by atoms with E-state index in [1.807, 2.05) is 47.9 Å². The first kappa shape index (κ1) is 25.7. The lowest BCUT2D eigenvalue weighted by Crippen LogP contribution is -2.39. The van der Waals surface area contributed by atoms with Gasteiger partial charge in [0.2, 0.25) is 0 Å². The summed E-state index contributed by atoms with van der Waals surface area (Å²) in [6, 6.07) is 19.8. The molecule has 0 bridgehead atoms. The summed E-state index contributed by atoms with van der Waals surface area (Å²) in [7, 11) is 0. The highest BCUT2D eigenvalue weighted by molar-refractivity contribution is 9.10. The lowest BCUT2D eigenvalue weighted by molar-refractivity contribution is -0.139. The Morgan fingerprint density at radius 2 is 1.92 bits per heavy atom. The first-order valence-corrected chi connectivity index (χ1v) is 15.0. The van der Waals surface area contributed by atoms with Gasteiger partial charge in [-0.05, 0) is 55.1 Å². The molecule has 1 aliphatic rings. The van der Waals surface area contributed by atoms with Gasteiger partial charge in [0.1, 0.15) is 6.04 Å². The number of rotatable bonds is 6. The topological polar surface area (TPSA) is 65.6 Å². The Morgan fingerprint density at radius 3 is 2.67 bits per heavy atom. The van der Waals surface area contributed by atoms with E-state index in [9.17, 15) is 9.59 Å². The highest BCUT2D eigenvalue weighted by Crippen LogP contribution is 2.33. The third-order valence-corrected chi connectivity index (χ3v) is 9.14. The third kappa shape index (κ3) is 4.75. The molecule has 196 valence electrons. The number of carbonyl (C=O) groups excluding carboxylic acids is 1. The number of allylic oxidation sites excluding steroid dienone is 1. The van der Waals surface area contributed by atoms with Crippen LogP contribution >= 0.6 is 38.6 Å². The van der Waals surface area contributed by atoms with Crippen LogP contribution in [0.5, 0.6) is 0 Å². The van der Waals surface area contributed by atoms with Crippen molar-refractivity contribution < 1.29 is 9.53 Å². The Kier molecular flexibility index (Phi) is 6.97. The fourth-order valence-electron chi connectivity index (χ4n) is 4.96. The zero-order chi connectivity index (χ0) is 27.1. The molecule has 9 heteroatoms. The van der Waals surface area contributed by atoms with Crippen molar-refractivity contribution in [2.45, 2.75) is 26.4 Å². The fourth-order valence-corrected chi connectivity index (χ4v) is 7.08. The maximum Gasteiger partial charge on any atom is 0.338 e. The quantitative estimate of drug-likeness (QED) is 0.232. The SMILES string of the molecule is CCOC(=O)C1=C(C)N=c2s/c(=C\c3cn(Cc4ccc(Br)cc4)c4ccccc34)c(=O)n2[C@H]1c1cccs1. The summed E-state index contributed by atoms with van der Waals surface area (Å²) in [5, 5.41) is 3.02. The summed E-state index contributed by atoms with van der Waals surface area (Å²) in [6.07, 6.45) is 4.04. The van der Waals surface area contributed by atoms with Crippen molar-refractivity contribution in [3.8, 4) is 0 Å². The Balaban J connectivity index is 1.50. The average Bonchev–Trinajstić information content (AvgIpc) is 3.65. The Hall–Kier alpha value is -3.53. The van der Waals surface area contributed by atoms with E-state index < -0.39 is 12.0 Å². The van der Waals surface area contributed by atoms with E-state index >= 15 is 0 Å². The summed E-state index contributed by atoms with van der Waals surface area (Å²) in [5.74, 6) is -0.442. The molecule has 0 amide bonds. The Morgan fingerprint density at radius 1 is 1.13 bits per heavy atom. The molecule has 0 N–H and O–H groups in total. The summed E-state index contributed by atoms with van der Waals surface area (Å²) in [4.78, 5) is 33.1. The second-order valence-electron chi connectivity index (χ2n) is 9.17. The molecule has 2 aromatic carbocycles. The van der Waals surface area contributed by atoms with Crippen molar-refractivity contribution in [2.75, 3.05) is 6.61 Å². The standard InChI is InChI=1S/C30H24BrN3O3S2/c1-3-37-29(36)26-18(2)32-30-34(27(26)24-9-6-14-38-24)28(35)25(39-30)15-20-17-33(23-8-5-4-7-22(20)23)16-19-10-12-21(31)13-11-19/h4-15,17,27H,3,16H2,1-2H3/b25-15-/t27-/m0/s1. The number of esters is 1. The van der Waals surface area contributed by atoms with Gasteiger partial charge in [-0.3, -0.25) is 9.36 Å². The van der Waals surface area contributed by atoms with Gasteiger partial charge in [0.15, 0.2) is 4.80 Å². The van der Waals surface area contributed by atoms with Crippen molar-refractivity contribution in [3.63, 3.8) is 0 Å². The van der Waals surface area contributed by atoms with Crippen LogP contribution in [0.25, 0.3) is 17.0 Å². The largest absolute Gasteiger partial charge is 0.463 e. The van der Waals surface area contributed by atoms with E-state index in [-0.39, 0.29) is 12.2 Å². The zero-order valence-electron chi connectivity index (χ0n) is 21.3. The van der Waals surface area contributed by atoms with E-state index in [1.165, 1.54) is 28.2 Å². The molecule has 0 radical (unpaired) electrons. The van der Waals surface area contributed by atoms with Crippen LogP contribution in [-0.4, -0.2) is 21.7 Å². The molecule has 0 aliphatic carbocycles. The van der Waals surface area contributed by atoms with E-state index in [2.05, 4.69) is 56.0 Å². The van der Waals surface area contributed by atoms with Crippen LogP contribution in [0.1, 0.15) is 35.9 Å². The van der Waals surface area contributed by atoms with Crippen LogP contribution in [-0.2, 0) is 16.1 Å². The van der Waals surface area contributed by atoms with Gasteiger partial charge in [-0.25, -0.2) is 9.79 Å². The molecule has 39 heavy (non-hydrogen) atoms. The van der Waals surface area contributed by atoms with Gasteiger partial charge in [0, 0.05) is 38.6 Å². The van der Waals surface area contributed by atoms with E-state index in [1.54, 1.807) is 18.4 Å². The minimum atomic E-state index is -0.568. The van der Waals surface area contributed by atoms with Crippen molar-refractivity contribution in [2.24, 2.45) is 4.99 Å². The molecule has 1 aliphatic heterocycles. The summed E-state index contributed by atoms with van der Waals surface area (Å²) in [5.41, 5.74) is 4.05. The highest BCUT2D eigenvalue weighted by atomic mass is 79.9. The maximum atomic E-state index is 13.9. The molecule has 5 aromatic rings. The van der Waals surface area contributed by atoms with Crippen LogP contribution in [0.3, 0.4) is 0 Å². The first-order chi connectivity index (χ1) is 18.9. The second-order valence-corrected chi connectivity index (χ2v) is 12.1. The predicted octanol–water partition coefficient (Wildman–Crippen LogP) is 5.63. The van der Waals surface area contributed by atoms with Crippen molar-refractivity contribution >= 4 is 61.6 Å². The number of hydrogen-bond donors (Lipinski definition) is 0. The summed E-state index contributed by atoms with van der Waals surface area (Å²) in [6.45, 7) is 4.54. The zero-order valence-corrected chi connectivity index (χ0v) is 24.5. The Bertz CT molecular complexity index is 1910. The second kappa shape index (κ2) is 10.6. The first-order valence-electron chi connectivity index (χ1n) is 12.5. The van der Waals surface area contributed by atoms with E-state index in [0.717, 1.165) is 25.8 Å². The number of fused-ring (bicyclic) bond motifs is 2. The minimum absolute atomic E-state index is 0.170. The maximum absolute atomic E-state index is 13.9. The number of nitrogens with zero attached hydrogens (tertiary/aromatic N) is 3. The van der Waals surface area contributed by atoms with Crippen molar-refractivity contribution in [3.05, 3.63) is 124 Å². The van der Waals surface area contributed by atoms with Gasteiger partial charge in [-0.15, -0.1) is 11.3 Å².